The number of ether oxygens (including phenoxy) is 2. The third-order valence-electron chi connectivity index (χ3n) is 12.6. The van der Waals surface area contributed by atoms with Crippen molar-refractivity contribution in [3.8, 4) is 22.5 Å². The number of hydrogen-bond acceptors (Lipinski definition) is 12. The van der Waals surface area contributed by atoms with Gasteiger partial charge in [0.25, 0.3) is 20.0 Å². The maximum absolute atomic E-state index is 15.8. The Morgan fingerprint density at radius 1 is 0.684 bits per heavy atom. The molecule has 0 saturated heterocycles. The van der Waals surface area contributed by atoms with Crippen LogP contribution < -0.4 is 20.1 Å². The largest absolute Gasteiger partial charge is 0.460 e. The maximum atomic E-state index is 15.8. The number of nitrogens with zero attached hydrogens (tertiary/aromatic N) is 1. The number of aryl methyl sites for hydroxylation is 4. The van der Waals surface area contributed by atoms with E-state index in [1.165, 1.54) is 29.3 Å². The predicted molar refractivity (Wildman–Crippen MR) is 300 cm³/mol. The van der Waals surface area contributed by atoms with E-state index in [0.29, 0.717) is 33.3 Å². The van der Waals surface area contributed by atoms with Gasteiger partial charge in [0.05, 0.1) is 34.0 Å². The Morgan fingerprint density at radius 3 is 1.91 bits per heavy atom. The number of para-hydroxylation sites is 2. The van der Waals surface area contributed by atoms with Crippen molar-refractivity contribution < 1.29 is 57.9 Å². The lowest BCUT2D eigenvalue weighted by Gasteiger charge is -2.20. The van der Waals surface area contributed by atoms with E-state index in [-0.39, 0.29) is 60.4 Å². The lowest BCUT2D eigenvalue weighted by molar-refractivity contribution is -0.138. The topological polar surface area (TPSA) is 182 Å². The van der Waals surface area contributed by atoms with Gasteiger partial charge in [0, 0.05) is 56.9 Å². The van der Waals surface area contributed by atoms with Crippen molar-refractivity contribution in [1.29, 1.82) is 0 Å². The van der Waals surface area contributed by atoms with Crippen LogP contribution in [0.1, 0.15) is 89.0 Å². The molecule has 5 aromatic rings. The molecule has 1 heterocycles. The van der Waals surface area contributed by atoms with E-state index in [1.54, 1.807) is 30.3 Å². The molecule has 0 unspecified atom stereocenters. The van der Waals surface area contributed by atoms with Crippen LogP contribution in [0.25, 0.3) is 33.4 Å². The Morgan fingerprint density at radius 2 is 1.29 bits per heavy atom. The number of thioether (sulfide) groups is 1. The number of nitrogens with one attached hydrogen (secondary N) is 3. The van der Waals surface area contributed by atoms with E-state index < -0.39 is 70.1 Å². The van der Waals surface area contributed by atoms with E-state index in [4.69, 9.17) is 18.9 Å². The summed E-state index contributed by atoms with van der Waals surface area (Å²) in [5, 5.41) is 6.89. The third-order valence-corrected chi connectivity index (χ3v) is 17.3. The normalized spacial score (nSPS) is 12.0. The Labute approximate surface area is 462 Å². The average Bonchev–Trinajstić information content (AvgIpc) is 3.51. The Balaban J connectivity index is 1.26. The molecule has 1 aliphatic carbocycles. The van der Waals surface area contributed by atoms with Crippen molar-refractivity contribution in [1.82, 2.24) is 9.44 Å². The molecule has 0 fully saturated rings. The number of halogens is 4. The summed E-state index contributed by atoms with van der Waals surface area (Å²) in [5.41, 5.74) is 7.99. The highest BCUT2D eigenvalue weighted by Crippen LogP contribution is 2.44. The van der Waals surface area contributed by atoms with Gasteiger partial charge < -0.3 is 24.5 Å². The van der Waals surface area contributed by atoms with Crippen LogP contribution >= 0.6 is 11.8 Å². The molecule has 79 heavy (non-hydrogen) atoms. The van der Waals surface area contributed by atoms with E-state index in [2.05, 4.69) is 69.2 Å². The van der Waals surface area contributed by atoms with Gasteiger partial charge in [0.1, 0.15) is 18.0 Å². The van der Waals surface area contributed by atoms with Gasteiger partial charge in [-0.05, 0) is 91.6 Å². The van der Waals surface area contributed by atoms with Crippen LogP contribution in [0, 0.1) is 23.3 Å². The summed E-state index contributed by atoms with van der Waals surface area (Å²) >= 11 is 0.265. The highest BCUT2D eigenvalue weighted by molar-refractivity contribution is 8.04. The van der Waals surface area contributed by atoms with E-state index in [1.807, 2.05) is 18.2 Å². The number of benzene rings is 6. The molecule has 0 spiro atoms. The minimum Gasteiger partial charge on any atom is -0.460 e. The van der Waals surface area contributed by atoms with Crippen molar-refractivity contribution in [3.05, 3.63) is 160 Å². The molecule has 0 aromatic heterocycles. The molecule has 0 saturated carbocycles. The first kappa shape index (κ1) is 59.7. The number of hydrogen-bond donors (Lipinski definition) is 3. The minimum atomic E-state index is -5.95. The molecular formula is C59H62F4N4O9S3. The fraction of sp³-hybridized carbons (Fsp3) is 0.305. The van der Waals surface area contributed by atoms with Gasteiger partial charge in [-0.2, -0.15) is 0 Å². The summed E-state index contributed by atoms with van der Waals surface area (Å²) < 4.78 is 138. The minimum absolute atomic E-state index is 0.0472. The summed E-state index contributed by atoms with van der Waals surface area (Å²) in [5.74, 6) is -9.56. The first-order valence-electron chi connectivity index (χ1n) is 26.0. The standard InChI is InChI=1S/C59H62F4N4O9S3/c1-7-16-37-20-13-21-38(17-8-2)54(37)65-41-26-28-43-46(34-41)76-47-35-42(66-55-39(18-9-3)22-14-23-40(55)19-10-4)27-29-44(47)49(43)45-24-11-12-25-48(45)78(70,71)67-79(72,73)57-52(62)50(60)56(51(61)53(57)63)77-33-15-31-75-59(69)64-30-32-74-58(68)36(5)6/h11-14,20-29,34-35,65,67H,5,7-10,15-19,30-33H2,1-4,6H3,(H,64,69)/b66-42+. The molecule has 1 aliphatic heterocycles. The van der Waals surface area contributed by atoms with Gasteiger partial charge in [-0.1, -0.05) is 115 Å². The third kappa shape index (κ3) is 14.1. The van der Waals surface area contributed by atoms with Crippen LogP contribution in [0.4, 0.5) is 39.4 Å². The predicted octanol–water partition coefficient (Wildman–Crippen LogP) is 13.5. The monoisotopic (exact) mass is 1140 g/mol. The van der Waals surface area contributed by atoms with Crippen LogP contribution in [0.3, 0.4) is 0 Å². The second-order valence-electron chi connectivity index (χ2n) is 18.7. The van der Waals surface area contributed by atoms with Crippen molar-refractivity contribution in [3.63, 3.8) is 0 Å². The summed E-state index contributed by atoms with van der Waals surface area (Å²) in [6.07, 6.45) is 5.86. The highest BCUT2D eigenvalue weighted by Gasteiger charge is 2.37. The van der Waals surface area contributed by atoms with Gasteiger partial charge in [0.15, 0.2) is 28.2 Å². The summed E-state index contributed by atoms with van der Waals surface area (Å²) in [6, 6.07) is 28.3. The van der Waals surface area contributed by atoms with E-state index in [9.17, 15) is 26.4 Å². The van der Waals surface area contributed by atoms with Crippen molar-refractivity contribution in [2.45, 2.75) is 107 Å². The van der Waals surface area contributed by atoms with Gasteiger partial charge in [-0.15, -0.1) is 15.9 Å². The molecule has 2 aliphatic rings. The summed E-state index contributed by atoms with van der Waals surface area (Å²) in [4.78, 5) is 24.5. The molecule has 0 atom stereocenters. The van der Waals surface area contributed by atoms with Crippen LogP contribution in [-0.4, -0.2) is 54.4 Å². The maximum Gasteiger partial charge on any atom is 0.407 e. The first-order chi connectivity index (χ1) is 37.8. The zero-order chi connectivity index (χ0) is 57.0. The van der Waals surface area contributed by atoms with Gasteiger partial charge in [-0.3, -0.25) is 0 Å². The number of fused-ring (bicyclic) bond motifs is 2. The van der Waals surface area contributed by atoms with E-state index >= 15 is 17.6 Å². The van der Waals surface area contributed by atoms with Gasteiger partial charge in [-0.25, -0.2) is 49.0 Å². The van der Waals surface area contributed by atoms with Crippen LogP contribution in [0.5, 0.6) is 0 Å². The summed E-state index contributed by atoms with van der Waals surface area (Å²) in [7, 11) is -11.3. The Kier molecular flexibility index (Phi) is 20.2. The van der Waals surface area contributed by atoms with E-state index in [0.717, 1.165) is 91.1 Å². The van der Waals surface area contributed by atoms with Crippen molar-refractivity contribution in [2.75, 3.05) is 30.8 Å². The second kappa shape index (κ2) is 26.8. The van der Waals surface area contributed by atoms with Gasteiger partial charge >= 0.3 is 12.1 Å². The molecule has 418 valence electrons. The lowest BCUT2D eigenvalue weighted by Crippen LogP contribution is -2.33. The molecule has 7 rings (SSSR count). The van der Waals surface area contributed by atoms with Crippen molar-refractivity contribution in [2.24, 2.45) is 4.99 Å². The smallest absolute Gasteiger partial charge is 0.407 e. The Bertz CT molecular complexity index is 3610. The molecule has 3 N–H and O–H groups in total. The molecule has 1 amide bonds. The molecule has 0 radical (unpaired) electrons. The Hall–Kier alpha value is -7.00. The van der Waals surface area contributed by atoms with Crippen LogP contribution in [0.2, 0.25) is 0 Å². The second-order valence-corrected chi connectivity index (χ2v) is 23.3. The van der Waals surface area contributed by atoms with Gasteiger partial charge in [0.2, 0.25) is 0 Å². The number of esters is 1. The average molecular weight is 1140 g/mol. The number of sulfonamides is 2. The fourth-order valence-electron chi connectivity index (χ4n) is 9.05. The molecule has 13 nitrogen and oxygen atoms in total. The molecule has 5 aromatic carbocycles. The van der Waals surface area contributed by atoms with Crippen LogP contribution in [0.15, 0.2) is 133 Å². The quantitative estimate of drug-likeness (QED) is 0.00942. The highest BCUT2D eigenvalue weighted by atomic mass is 32.3. The number of carbonyl (C=O) groups excluding carboxylic acids is 2. The number of amides is 1. The number of alkyl carbamates (subject to hydrolysis) is 1. The zero-order valence-corrected chi connectivity index (χ0v) is 46.9. The SMILES string of the molecule is C=C(C)C(=O)OCCNC(=O)OCCCSc1c(F)c(F)c(S(=O)(=O)NS(=O)(=O)c2ccccc2-c2c3cc/c(=N\c4c(CCC)cccc4CCC)cc-3oc3cc(Nc4c(CCC)cccc4CCC)ccc23)c(F)c1F. The number of anilines is 2. The fourth-order valence-corrected chi connectivity index (χ4v) is 13.2. The lowest BCUT2D eigenvalue weighted by atomic mass is 9.93. The molecule has 0 bridgehead atoms. The molecule has 20 heteroatoms. The first-order valence-corrected chi connectivity index (χ1v) is 29.9. The molecular weight excluding hydrogens is 1080 g/mol. The van der Waals surface area contributed by atoms with Crippen molar-refractivity contribution >= 4 is 71.9 Å². The summed E-state index contributed by atoms with van der Waals surface area (Å²) in [6.45, 7) is 12.7. The van der Waals surface area contributed by atoms with Crippen LogP contribution in [-0.2, 0) is 60.0 Å². The number of rotatable bonds is 25. The number of carbonyl (C=O) groups is 2. The zero-order valence-electron chi connectivity index (χ0n) is 44.5.